The molecule has 1 N–H and O–H groups in total. The van der Waals surface area contributed by atoms with Gasteiger partial charge in [0.1, 0.15) is 11.1 Å². The summed E-state index contributed by atoms with van der Waals surface area (Å²) in [6.07, 6.45) is -0.0246. The van der Waals surface area contributed by atoms with Gasteiger partial charge < -0.3 is 15.0 Å². The van der Waals surface area contributed by atoms with E-state index in [1.54, 1.807) is 31.6 Å². The molecule has 0 aliphatic carbocycles. The average Bonchev–Trinajstić information content (AvgIpc) is 3.12. The number of hydrogen-bond acceptors (Lipinski definition) is 4. The van der Waals surface area contributed by atoms with Crippen LogP contribution in [0.3, 0.4) is 0 Å². The third-order valence-electron chi connectivity index (χ3n) is 4.32. The second-order valence-corrected chi connectivity index (χ2v) is 7.30. The summed E-state index contributed by atoms with van der Waals surface area (Å²) < 4.78 is 31.8. The Bertz CT molecular complexity index is 787. The number of methoxy groups -OCH3 is 1. The molecule has 1 aromatic carbocycles. The Morgan fingerprint density at radius 3 is 2.64 bits per heavy atom. The highest BCUT2D eigenvalue weighted by Gasteiger charge is 2.14. The van der Waals surface area contributed by atoms with Crippen molar-refractivity contribution in [3.05, 3.63) is 51.5 Å². The lowest BCUT2D eigenvalue weighted by Gasteiger charge is -2.23. The van der Waals surface area contributed by atoms with Gasteiger partial charge in [-0.25, -0.2) is 13.8 Å². The molecule has 2 aromatic rings. The molecule has 1 aromatic heterocycles. The Kier molecular flexibility index (Phi) is 10.3. The molecule has 2 rings (SSSR count). The fourth-order valence-electron chi connectivity index (χ4n) is 2.57. The van der Waals surface area contributed by atoms with E-state index in [1.807, 2.05) is 31.2 Å². The largest absolute Gasteiger partial charge is 0.375 e. The van der Waals surface area contributed by atoms with Gasteiger partial charge in [-0.15, -0.1) is 35.3 Å². The molecule has 2 unspecified atom stereocenters. The molecule has 156 valence electrons. The number of guanidine groups is 1. The van der Waals surface area contributed by atoms with E-state index in [4.69, 9.17) is 4.74 Å². The SMILES string of the molecule is CN=C(NCC(C)c1ccc(F)c(F)c1)N(C)Cc1csc(C(C)OC)n1.I. The molecule has 0 amide bonds. The predicted octanol–water partition coefficient (Wildman–Crippen LogP) is 4.56. The van der Waals surface area contributed by atoms with Crippen molar-refractivity contribution < 1.29 is 13.5 Å². The van der Waals surface area contributed by atoms with Gasteiger partial charge in [0, 0.05) is 33.1 Å². The standard InChI is InChI=1S/C19H26F2N4OS.HI/c1-12(14-6-7-16(20)17(21)8-14)9-23-19(22-3)25(4)10-15-11-27-18(24-15)13(2)26-5;/h6-8,11-13H,9-10H2,1-5H3,(H,22,23);1H. The highest BCUT2D eigenvalue weighted by molar-refractivity contribution is 14.0. The van der Waals surface area contributed by atoms with Crippen molar-refractivity contribution in [2.45, 2.75) is 32.4 Å². The molecule has 0 saturated heterocycles. The summed E-state index contributed by atoms with van der Waals surface area (Å²) in [4.78, 5) is 10.8. The Balaban J connectivity index is 0.00000392. The number of aromatic nitrogens is 1. The number of nitrogens with zero attached hydrogens (tertiary/aromatic N) is 3. The Morgan fingerprint density at radius 2 is 2.04 bits per heavy atom. The van der Waals surface area contributed by atoms with E-state index in [-0.39, 0.29) is 36.0 Å². The maximum Gasteiger partial charge on any atom is 0.193 e. The molecule has 0 saturated carbocycles. The molecule has 28 heavy (non-hydrogen) atoms. The third-order valence-corrected chi connectivity index (χ3v) is 5.38. The van der Waals surface area contributed by atoms with Crippen LogP contribution in [0.5, 0.6) is 0 Å². The van der Waals surface area contributed by atoms with Gasteiger partial charge in [-0.05, 0) is 30.5 Å². The van der Waals surface area contributed by atoms with Gasteiger partial charge in [0.25, 0.3) is 0 Å². The zero-order valence-corrected chi connectivity index (χ0v) is 19.8. The molecule has 0 spiro atoms. The molecular formula is C19H27F2IN4OS. The van der Waals surface area contributed by atoms with Crippen LogP contribution in [0.25, 0.3) is 0 Å². The van der Waals surface area contributed by atoms with Crippen LogP contribution in [0.2, 0.25) is 0 Å². The molecule has 9 heteroatoms. The van der Waals surface area contributed by atoms with Crippen LogP contribution < -0.4 is 5.32 Å². The van der Waals surface area contributed by atoms with Gasteiger partial charge in [-0.1, -0.05) is 13.0 Å². The number of aliphatic imine (C=N–C) groups is 1. The van der Waals surface area contributed by atoms with Crippen LogP contribution in [0.4, 0.5) is 8.78 Å². The van der Waals surface area contributed by atoms with Gasteiger partial charge in [0.05, 0.1) is 12.2 Å². The van der Waals surface area contributed by atoms with Crippen LogP contribution >= 0.6 is 35.3 Å². The smallest absolute Gasteiger partial charge is 0.193 e. The van der Waals surface area contributed by atoms with Crippen LogP contribution in [0.1, 0.15) is 42.1 Å². The Hall–Kier alpha value is -1.33. The molecule has 0 fully saturated rings. The van der Waals surface area contributed by atoms with Crippen molar-refractivity contribution in [1.82, 2.24) is 15.2 Å². The maximum atomic E-state index is 13.4. The number of thiazole rings is 1. The van der Waals surface area contributed by atoms with Crippen molar-refractivity contribution in [3.8, 4) is 0 Å². The second-order valence-electron chi connectivity index (χ2n) is 6.41. The van der Waals surface area contributed by atoms with Crippen LogP contribution in [0.15, 0.2) is 28.6 Å². The highest BCUT2D eigenvalue weighted by Crippen LogP contribution is 2.21. The zero-order valence-electron chi connectivity index (χ0n) is 16.7. The third kappa shape index (κ3) is 6.63. The minimum atomic E-state index is -0.833. The second kappa shape index (κ2) is 11.6. The lowest BCUT2D eigenvalue weighted by Crippen LogP contribution is -2.40. The number of nitrogens with one attached hydrogen (secondary N) is 1. The van der Waals surface area contributed by atoms with E-state index >= 15 is 0 Å². The first-order chi connectivity index (χ1) is 12.8. The molecule has 2 atom stereocenters. The van der Waals surface area contributed by atoms with E-state index in [0.29, 0.717) is 19.0 Å². The fraction of sp³-hybridized carbons (Fsp3) is 0.474. The summed E-state index contributed by atoms with van der Waals surface area (Å²) in [6.45, 7) is 5.07. The number of ether oxygens (including phenoxy) is 1. The van der Waals surface area contributed by atoms with E-state index in [2.05, 4.69) is 15.3 Å². The maximum absolute atomic E-state index is 13.4. The molecule has 0 radical (unpaired) electrons. The summed E-state index contributed by atoms with van der Waals surface area (Å²) in [5.74, 6) is -0.956. The van der Waals surface area contributed by atoms with Crippen molar-refractivity contribution >= 4 is 41.3 Å². The number of halogens is 3. The van der Waals surface area contributed by atoms with Gasteiger partial charge in [-0.3, -0.25) is 4.99 Å². The van der Waals surface area contributed by atoms with Crippen molar-refractivity contribution in [1.29, 1.82) is 0 Å². The summed E-state index contributed by atoms with van der Waals surface area (Å²) in [5.41, 5.74) is 1.68. The number of rotatable bonds is 7. The van der Waals surface area contributed by atoms with Gasteiger partial charge >= 0.3 is 0 Å². The average molecular weight is 524 g/mol. The molecule has 1 heterocycles. The summed E-state index contributed by atoms with van der Waals surface area (Å²) in [6, 6.07) is 4.00. The predicted molar refractivity (Wildman–Crippen MR) is 121 cm³/mol. The van der Waals surface area contributed by atoms with E-state index in [9.17, 15) is 8.78 Å². The first-order valence-corrected chi connectivity index (χ1v) is 9.57. The normalized spacial score (nSPS) is 13.6. The first kappa shape index (κ1) is 24.7. The van der Waals surface area contributed by atoms with E-state index in [0.717, 1.165) is 22.3 Å². The minimum absolute atomic E-state index is 0. The summed E-state index contributed by atoms with van der Waals surface area (Å²) in [5, 5.41) is 6.23. The van der Waals surface area contributed by atoms with Gasteiger partial charge in [-0.2, -0.15) is 0 Å². The van der Waals surface area contributed by atoms with Crippen molar-refractivity contribution in [3.63, 3.8) is 0 Å². The topological polar surface area (TPSA) is 49.8 Å². The van der Waals surface area contributed by atoms with Gasteiger partial charge in [0.15, 0.2) is 17.6 Å². The molecule has 0 aliphatic rings. The lowest BCUT2D eigenvalue weighted by atomic mass is 10.0. The van der Waals surface area contributed by atoms with Crippen LogP contribution in [-0.4, -0.2) is 43.6 Å². The van der Waals surface area contributed by atoms with E-state index < -0.39 is 11.6 Å². The monoisotopic (exact) mass is 524 g/mol. The quantitative estimate of drug-likeness (QED) is 0.328. The zero-order chi connectivity index (χ0) is 20.0. The molecular weight excluding hydrogens is 497 g/mol. The Morgan fingerprint density at radius 1 is 1.32 bits per heavy atom. The Labute approximate surface area is 186 Å². The van der Waals surface area contributed by atoms with Crippen LogP contribution in [0, 0.1) is 11.6 Å². The van der Waals surface area contributed by atoms with Crippen molar-refractivity contribution in [2.24, 2.45) is 4.99 Å². The minimum Gasteiger partial charge on any atom is -0.375 e. The molecule has 5 nitrogen and oxygen atoms in total. The van der Waals surface area contributed by atoms with E-state index in [1.165, 1.54) is 6.07 Å². The number of benzene rings is 1. The van der Waals surface area contributed by atoms with Crippen molar-refractivity contribution in [2.75, 3.05) is 27.7 Å². The lowest BCUT2D eigenvalue weighted by molar-refractivity contribution is 0.119. The van der Waals surface area contributed by atoms with Gasteiger partial charge in [0.2, 0.25) is 0 Å². The molecule has 0 bridgehead atoms. The highest BCUT2D eigenvalue weighted by atomic mass is 127. The first-order valence-electron chi connectivity index (χ1n) is 8.69. The summed E-state index contributed by atoms with van der Waals surface area (Å²) >= 11 is 1.57. The number of hydrogen-bond donors (Lipinski definition) is 1. The van der Waals surface area contributed by atoms with Crippen LogP contribution in [-0.2, 0) is 11.3 Å². The fourth-order valence-corrected chi connectivity index (χ4v) is 3.41. The molecule has 0 aliphatic heterocycles. The summed E-state index contributed by atoms with van der Waals surface area (Å²) in [7, 11) is 5.30.